The summed E-state index contributed by atoms with van der Waals surface area (Å²) in [5.74, 6) is -0.655. The summed E-state index contributed by atoms with van der Waals surface area (Å²) in [5.41, 5.74) is 2.45. The van der Waals surface area contributed by atoms with Crippen LogP contribution in [0.3, 0.4) is 0 Å². The summed E-state index contributed by atoms with van der Waals surface area (Å²) in [6.07, 6.45) is 0.267. The SMILES string of the molecule is CCC(C)(C)N(C(=O)C(CC(C)C)NC(=O)OC(C)(C)C)C(C(=O)Nc1c(C)cccc1Cl)c1cc(C)cc(C)c1. The minimum Gasteiger partial charge on any atom is -0.444 e. The molecule has 3 amide bonds. The number of nitrogens with zero attached hydrogens (tertiary/aromatic N) is 1. The minimum absolute atomic E-state index is 0.0877. The minimum atomic E-state index is -0.998. The van der Waals surface area contributed by atoms with E-state index >= 15 is 0 Å². The van der Waals surface area contributed by atoms with Crippen molar-refractivity contribution < 1.29 is 19.1 Å². The molecule has 2 aromatic carbocycles. The van der Waals surface area contributed by atoms with Crippen LogP contribution in [0.1, 0.15) is 96.5 Å². The van der Waals surface area contributed by atoms with E-state index in [1.54, 1.807) is 31.7 Å². The molecule has 41 heavy (non-hydrogen) atoms. The first kappa shape index (κ1) is 34.1. The molecule has 2 rings (SSSR count). The van der Waals surface area contributed by atoms with Gasteiger partial charge in [-0.3, -0.25) is 9.59 Å². The van der Waals surface area contributed by atoms with Gasteiger partial charge in [0.25, 0.3) is 5.91 Å². The second kappa shape index (κ2) is 13.7. The zero-order valence-electron chi connectivity index (χ0n) is 26.6. The lowest BCUT2D eigenvalue weighted by molar-refractivity contribution is -0.148. The Balaban J connectivity index is 2.73. The van der Waals surface area contributed by atoms with Crippen molar-refractivity contribution in [3.63, 3.8) is 0 Å². The topological polar surface area (TPSA) is 87.7 Å². The standard InChI is InChI=1S/C33H48ClN3O4/c1-12-33(10,11)37(30(39)26(16-20(2)3)35-31(40)41-32(7,8)9)28(24-18-21(4)17-22(5)19-24)29(38)36-27-23(6)14-13-15-25(27)34/h13-15,17-20,26,28H,12,16H2,1-11H3,(H,35,40)(H,36,38). The number of benzene rings is 2. The van der Waals surface area contributed by atoms with Gasteiger partial charge in [-0.15, -0.1) is 0 Å². The maximum absolute atomic E-state index is 14.6. The summed E-state index contributed by atoms with van der Waals surface area (Å²) in [6.45, 7) is 21.0. The van der Waals surface area contributed by atoms with Gasteiger partial charge in [0.1, 0.15) is 17.7 Å². The molecule has 0 saturated heterocycles. The predicted octanol–water partition coefficient (Wildman–Crippen LogP) is 7.90. The van der Waals surface area contributed by atoms with Gasteiger partial charge in [-0.05, 0) is 91.3 Å². The maximum atomic E-state index is 14.6. The molecule has 0 bridgehead atoms. The molecule has 7 nitrogen and oxygen atoms in total. The van der Waals surface area contributed by atoms with Crippen LogP contribution in [-0.2, 0) is 14.3 Å². The van der Waals surface area contributed by atoms with E-state index in [2.05, 4.69) is 10.6 Å². The Kier molecular flexibility index (Phi) is 11.4. The van der Waals surface area contributed by atoms with Gasteiger partial charge >= 0.3 is 6.09 Å². The summed E-state index contributed by atoms with van der Waals surface area (Å²) in [5, 5.41) is 6.25. The van der Waals surface area contributed by atoms with Crippen molar-refractivity contribution in [3.05, 3.63) is 63.7 Å². The molecule has 0 heterocycles. The highest BCUT2D eigenvalue weighted by Crippen LogP contribution is 2.35. The Bertz CT molecular complexity index is 1210. The van der Waals surface area contributed by atoms with Crippen molar-refractivity contribution in [1.82, 2.24) is 10.2 Å². The number of amides is 3. The van der Waals surface area contributed by atoms with E-state index in [-0.39, 0.29) is 17.7 Å². The molecule has 0 saturated carbocycles. The fraction of sp³-hybridized carbons (Fsp3) is 0.545. The smallest absolute Gasteiger partial charge is 0.408 e. The van der Waals surface area contributed by atoms with Gasteiger partial charge in [0.2, 0.25) is 5.91 Å². The number of anilines is 1. The lowest BCUT2D eigenvalue weighted by Gasteiger charge is -2.45. The molecule has 0 radical (unpaired) electrons. The Labute approximate surface area is 251 Å². The third-order valence-electron chi connectivity index (χ3n) is 6.99. The first-order valence-electron chi connectivity index (χ1n) is 14.3. The Hall–Kier alpha value is -3.06. The van der Waals surface area contributed by atoms with Gasteiger partial charge in [-0.1, -0.05) is 73.8 Å². The van der Waals surface area contributed by atoms with Crippen molar-refractivity contribution in [2.75, 3.05) is 5.32 Å². The molecule has 2 aromatic rings. The van der Waals surface area contributed by atoms with Gasteiger partial charge in [-0.2, -0.15) is 0 Å². The number of para-hydroxylation sites is 1. The van der Waals surface area contributed by atoms with Gasteiger partial charge in [0.15, 0.2) is 0 Å². The summed E-state index contributed by atoms with van der Waals surface area (Å²) < 4.78 is 5.51. The quantitative estimate of drug-likeness (QED) is 0.296. The molecule has 0 aliphatic carbocycles. The number of hydrogen-bond donors (Lipinski definition) is 2. The molecule has 0 aromatic heterocycles. The fourth-order valence-corrected chi connectivity index (χ4v) is 5.09. The average molecular weight is 586 g/mol. The molecular weight excluding hydrogens is 538 g/mol. The number of halogens is 1. The number of carbonyl (C=O) groups excluding carboxylic acids is 3. The van der Waals surface area contributed by atoms with Crippen molar-refractivity contribution in [2.24, 2.45) is 5.92 Å². The number of nitrogens with one attached hydrogen (secondary N) is 2. The molecule has 8 heteroatoms. The Morgan fingerprint density at radius 1 is 0.976 bits per heavy atom. The summed E-state index contributed by atoms with van der Waals surface area (Å²) in [4.78, 5) is 43.4. The van der Waals surface area contributed by atoms with Crippen LogP contribution in [0.2, 0.25) is 5.02 Å². The van der Waals surface area contributed by atoms with E-state index in [0.717, 1.165) is 16.7 Å². The molecular formula is C33H48ClN3O4. The van der Waals surface area contributed by atoms with E-state index in [9.17, 15) is 14.4 Å². The van der Waals surface area contributed by atoms with Gasteiger partial charge in [-0.25, -0.2) is 4.79 Å². The monoisotopic (exact) mass is 585 g/mol. The van der Waals surface area contributed by atoms with E-state index in [1.807, 2.05) is 85.7 Å². The normalized spacial score (nSPS) is 13.4. The molecule has 2 unspecified atom stereocenters. The number of rotatable bonds is 10. The van der Waals surface area contributed by atoms with Gasteiger partial charge < -0.3 is 20.3 Å². The second-order valence-electron chi connectivity index (χ2n) is 12.9. The molecule has 0 spiro atoms. The highest BCUT2D eigenvalue weighted by molar-refractivity contribution is 6.34. The Morgan fingerprint density at radius 3 is 2.05 bits per heavy atom. The summed E-state index contributed by atoms with van der Waals surface area (Å²) >= 11 is 6.50. The number of carbonyl (C=O) groups is 3. The summed E-state index contributed by atoms with van der Waals surface area (Å²) in [6, 6.07) is 9.40. The Morgan fingerprint density at radius 2 is 1.56 bits per heavy atom. The zero-order chi connectivity index (χ0) is 31.3. The van der Waals surface area contributed by atoms with Crippen LogP contribution < -0.4 is 10.6 Å². The molecule has 0 aliphatic rings. The predicted molar refractivity (Wildman–Crippen MR) is 167 cm³/mol. The molecule has 2 N–H and O–H groups in total. The molecule has 226 valence electrons. The van der Waals surface area contributed by atoms with Crippen LogP contribution in [-0.4, -0.2) is 40.0 Å². The first-order valence-corrected chi connectivity index (χ1v) is 14.7. The number of hydrogen-bond acceptors (Lipinski definition) is 4. The number of ether oxygens (including phenoxy) is 1. The van der Waals surface area contributed by atoms with Crippen molar-refractivity contribution >= 4 is 35.2 Å². The third-order valence-corrected chi connectivity index (χ3v) is 7.30. The molecule has 0 aliphatic heterocycles. The number of alkyl carbamates (subject to hydrolysis) is 1. The summed E-state index contributed by atoms with van der Waals surface area (Å²) in [7, 11) is 0. The largest absolute Gasteiger partial charge is 0.444 e. The third kappa shape index (κ3) is 9.49. The average Bonchev–Trinajstić information content (AvgIpc) is 2.81. The lowest BCUT2D eigenvalue weighted by Crippen LogP contribution is -2.59. The first-order chi connectivity index (χ1) is 18.9. The van der Waals surface area contributed by atoms with Crippen LogP contribution >= 0.6 is 11.6 Å². The van der Waals surface area contributed by atoms with Crippen LogP contribution in [0, 0.1) is 26.7 Å². The van der Waals surface area contributed by atoms with E-state index in [1.165, 1.54) is 0 Å². The number of aryl methyl sites for hydroxylation is 3. The van der Waals surface area contributed by atoms with Gasteiger partial charge in [0.05, 0.1) is 10.7 Å². The van der Waals surface area contributed by atoms with Crippen LogP contribution in [0.15, 0.2) is 36.4 Å². The van der Waals surface area contributed by atoms with Crippen molar-refractivity contribution in [1.29, 1.82) is 0 Å². The lowest BCUT2D eigenvalue weighted by atomic mass is 9.90. The molecule has 0 fully saturated rings. The van der Waals surface area contributed by atoms with Crippen LogP contribution in [0.4, 0.5) is 10.5 Å². The van der Waals surface area contributed by atoms with Gasteiger partial charge in [0, 0.05) is 5.54 Å². The molecule has 2 atom stereocenters. The van der Waals surface area contributed by atoms with E-state index < -0.39 is 29.3 Å². The van der Waals surface area contributed by atoms with Crippen molar-refractivity contribution in [3.8, 4) is 0 Å². The van der Waals surface area contributed by atoms with Crippen LogP contribution in [0.5, 0.6) is 0 Å². The van der Waals surface area contributed by atoms with Crippen molar-refractivity contribution in [2.45, 2.75) is 112 Å². The van der Waals surface area contributed by atoms with E-state index in [4.69, 9.17) is 16.3 Å². The highest BCUT2D eigenvalue weighted by atomic mass is 35.5. The maximum Gasteiger partial charge on any atom is 0.408 e. The van der Waals surface area contributed by atoms with Crippen LogP contribution in [0.25, 0.3) is 0 Å². The fourth-order valence-electron chi connectivity index (χ4n) is 4.82. The van der Waals surface area contributed by atoms with E-state index in [0.29, 0.717) is 29.1 Å². The zero-order valence-corrected chi connectivity index (χ0v) is 27.3. The highest BCUT2D eigenvalue weighted by Gasteiger charge is 2.43. The second-order valence-corrected chi connectivity index (χ2v) is 13.4.